The summed E-state index contributed by atoms with van der Waals surface area (Å²) in [7, 11) is 0. The molecule has 0 saturated carbocycles. The Morgan fingerprint density at radius 2 is 1.09 bits per heavy atom. The minimum Gasteiger partial charge on any atom is -0.449 e. The molecule has 0 unspecified atom stereocenters. The number of benzene rings is 1. The van der Waals surface area contributed by atoms with E-state index in [1.165, 1.54) is 0 Å². The summed E-state index contributed by atoms with van der Waals surface area (Å²) in [4.78, 5) is 16.0. The molecule has 6 rings (SSSR count). The van der Waals surface area contributed by atoms with Gasteiger partial charge in [0.2, 0.25) is 0 Å². The molecule has 8 bridgehead atoms. The van der Waals surface area contributed by atoms with E-state index < -0.39 is 0 Å². The Morgan fingerprint density at radius 1 is 0.625 bits per heavy atom. The van der Waals surface area contributed by atoms with Crippen molar-refractivity contribution in [3.63, 3.8) is 0 Å². The van der Waals surface area contributed by atoms with Crippen LogP contribution in [0.2, 0.25) is 0 Å². The summed E-state index contributed by atoms with van der Waals surface area (Å²) in [5, 5.41) is 0. The molecule has 0 saturated heterocycles. The minimum absolute atomic E-state index is 0. The molecular weight excluding hydrogens is 446 g/mol. The molecule has 32 heavy (non-hydrogen) atoms. The van der Waals surface area contributed by atoms with Crippen LogP contribution in [0.25, 0.3) is 46.4 Å². The van der Waals surface area contributed by atoms with Crippen molar-refractivity contribution in [1.29, 1.82) is 0 Å². The molecule has 2 aliphatic rings. The van der Waals surface area contributed by atoms with Crippen molar-refractivity contribution in [3.05, 3.63) is 102 Å². The number of hydrogen-bond donors (Lipinski definition) is 3. The van der Waals surface area contributed by atoms with Crippen molar-refractivity contribution in [2.24, 2.45) is 0 Å². The summed E-state index contributed by atoms with van der Waals surface area (Å²) < 4.78 is 0. The fourth-order valence-electron chi connectivity index (χ4n) is 3.35. The van der Waals surface area contributed by atoms with Gasteiger partial charge in [0.15, 0.2) is 0 Å². The van der Waals surface area contributed by atoms with E-state index in [1.54, 1.807) is 6.07 Å². The van der Waals surface area contributed by atoms with Gasteiger partial charge in [0.25, 0.3) is 0 Å². The van der Waals surface area contributed by atoms with Crippen molar-refractivity contribution < 1.29 is 17.1 Å². The zero-order valence-corrected chi connectivity index (χ0v) is 18.0. The van der Waals surface area contributed by atoms with Crippen molar-refractivity contribution in [3.8, 4) is 0 Å². The fourth-order valence-corrected chi connectivity index (χ4v) is 3.35. The number of nitrogens with zero attached hydrogens (tertiary/aromatic N) is 2. The molecule has 2 aliphatic heterocycles. The average Bonchev–Trinajstić information content (AvgIpc) is 3.55. The third-order valence-corrected chi connectivity index (χ3v) is 4.77. The second kappa shape index (κ2) is 9.52. The SMILES string of the molecule is C1=Cc2cc3ccc(cc4ccc(cc5nc(cc1n2)C=C5)[nH]4)[nH]3.Nc1c[c-]ccc1.[Cu+]. The Bertz CT molecular complexity index is 1360. The molecule has 0 fully saturated rings. The van der Waals surface area contributed by atoms with E-state index in [1.807, 2.05) is 60.7 Å². The normalized spacial score (nSPS) is 11.4. The maximum atomic E-state index is 5.33. The zero-order chi connectivity index (χ0) is 21.0. The summed E-state index contributed by atoms with van der Waals surface area (Å²) >= 11 is 0. The van der Waals surface area contributed by atoms with Gasteiger partial charge in [0, 0.05) is 22.1 Å². The number of nitrogen functional groups attached to an aromatic ring is 1. The number of fused-ring (bicyclic) bond motifs is 8. The van der Waals surface area contributed by atoms with E-state index in [4.69, 9.17) is 5.73 Å². The van der Waals surface area contributed by atoms with Gasteiger partial charge < -0.3 is 15.7 Å². The van der Waals surface area contributed by atoms with Crippen LogP contribution in [0.15, 0.2) is 72.8 Å². The molecule has 0 atom stereocenters. The Balaban J connectivity index is 0.000000265. The first-order valence-electron chi connectivity index (χ1n) is 9.96. The monoisotopic (exact) mass is 465 g/mol. The average molecular weight is 466 g/mol. The molecule has 0 radical (unpaired) electrons. The molecular formula is C26H20CuN5. The van der Waals surface area contributed by atoms with E-state index in [-0.39, 0.29) is 17.1 Å². The van der Waals surface area contributed by atoms with Gasteiger partial charge in [-0.15, -0.1) is 0 Å². The van der Waals surface area contributed by atoms with Crippen molar-refractivity contribution in [2.45, 2.75) is 0 Å². The van der Waals surface area contributed by atoms with Crippen LogP contribution in [0, 0.1) is 6.07 Å². The molecule has 3 aromatic heterocycles. The largest absolute Gasteiger partial charge is 1.00 e. The first kappa shape index (κ1) is 21.4. The summed E-state index contributed by atoms with van der Waals surface area (Å²) in [6.07, 6.45) is 8.05. The van der Waals surface area contributed by atoms with Crippen LogP contribution in [0.3, 0.4) is 0 Å². The minimum atomic E-state index is 0. The molecule has 5 nitrogen and oxygen atoms in total. The van der Waals surface area contributed by atoms with Crippen LogP contribution in [0.4, 0.5) is 5.69 Å². The van der Waals surface area contributed by atoms with Crippen LogP contribution in [0.5, 0.6) is 0 Å². The molecule has 0 amide bonds. The Morgan fingerprint density at radius 3 is 1.50 bits per heavy atom. The Hall–Kier alpha value is -3.86. The third-order valence-electron chi connectivity index (χ3n) is 4.77. The number of hydrogen-bond acceptors (Lipinski definition) is 3. The molecule has 0 spiro atoms. The predicted molar refractivity (Wildman–Crippen MR) is 129 cm³/mol. The maximum Gasteiger partial charge on any atom is 1.00 e. The van der Waals surface area contributed by atoms with Gasteiger partial charge >= 0.3 is 17.1 Å². The predicted octanol–water partition coefficient (Wildman–Crippen LogP) is 5.72. The Labute approximate surface area is 196 Å². The maximum absolute atomic E-state index is 5.33. The first-order chi connectivity index (χ1) is 15.2. The molecule has 0 aliphatic carbocycles. The summed E-state index contributed by atoms with van der Waals surface area (Å²) in [6.45, 7) is 0. The van der Waals surface area contributed by atoms with Gasteiger partial charge in [-0.1, -0.05) is 5.69 Å². The summed E-state index contributed by atoms with van der Waals surface area (Å²) in [5.74, 6) is 0. The van der Waals surface area contributed by atoms with Crippen LogP contribution in [-0.2, 0) is 17.1 Å². The number of aromatic nitrogens is 4. The standard InChI is InChI=1S/C20H14N4.C6H6N.Cu/c1-2-14-10-16-5-6-18(23-16)12-20-8-7-19(24-20)11-17-4-3-15(22-17)9-13(1)21-14;7-6-4-2-1-3-5-6;/h1-12,21-22H;1-2,4-5H,7H2;/q;-1;+1. The zero-order valence-electron chi connectivity index (χ0n) is 17.0. The van der Waals surface area contributed by atoms with Gasteiger partial charge in [-0.3, -0.25) is 0 Å². The summed E-state index contributed by atoms with van der Waals surface area (Å²) in [5.41, 5.74) is 14.0. The van der Waals surface area contributed by atoms with Crippen LogP contribution >= 0.6 is 0 Å². The number of anilines is 1. The van der Waals surface area contributed by atoms with Gasteiger partial charge in [-0.05, 0) is 72.8 Å². The molecule has 1 aromatic carbocycles. The second-order valence-electron chi connectivity index (χ2n) is 7.24. The number of aromatic amines is 2. The van der Waals surface area contributed by atoms with E-state index in [0.29, 0.717) is 0 Å². The van der Waals surface area contributed by atoms with E-state index >= 15 is 0 Å². The van der Waals surface area contributed by atoms with Gasteiger partial charge in [0.05, 0.1) is 22.8 Å². The number of nitrogens with two attached hydrogens (primary N) is 1. The first-order valence-corrected chi connectivity index (χ1v) is 9.96. The van der Waals surface area contributed by atoms with Crippen LogP contribution in [-0.4, -0.2) is 19.9 Å². The van der Waals surface area contributed by atoms with Gasteiger partial charge in [-0.2, -0.15) is 30.3 Å². The second-order valence-corrected chi connectivity index (χ2v) is 7.24. The molecule has 5 heterocycles. The van der Waals surface area contributed by atoms with E-state index in [2.05, 4.69) is 56.3 Å². The summed E-state index contributed by atoms with van der Waals surface area (Å²) in [6, 6.07) is 26.5. The third kappa shape index (κ3) is 5.24. The number of H-pyrrole nitrogens is 2. The van der Waals surface area contributed by atoms with Crippen LogP contribution < -0.4 is 5.73 Å². The van der Waals surface area contributed by atoms with Gasteiger partial charge in [0.1, 0.15) is 0 Å². The van der Waals surface area contributed by atoms with E-state index in [0.717, 1.165) is 50.5 Å². The Kier molecular flexibility index (Phi) is 6.36. The van der Waals surface area contributed by atoms with E-state index in [9.17, 15) is 0 Å². The topological polar surface area (TPSA) is 83.4 Å². The van der Waals surface area contributed by atoms with Crippen molar-refractivity contribution in [1.82, 2.24) is 19.9 Å². The smallest absolute Gasteiger partial charge is 0.449 e. The molecule has 160 valence electrons. The molecule has 4 N–H and O–H groups in total. The number of nitrogens with one attached hydrogen (secondary N) is 2. The fraction of sp³-hybridized carbons (Fsp3) is 0. The quantitative estimate of drug-likeness (QED) is 0.152. The molecule has 6 heteroatoms. The van der Waals surface area contributed by atoms with Crippen LogP contribution in [0.1, 0.15) is 22.8 Å². The van der Waals surface area contributed by atoms with Crippen molar-refractivity contribution >= 4 is 52.1 Å². The molecule has 4 aromatic rings. The van der Waals surface area contributed by atoms with Crippen molar-refractivity contribution in [2.75, 3.05) is 5.73 Å². The number of rotatable bonds is 0. The van der Waals surface area contributed by atoms with Gasteiger partial charge in [-0.25, -0.2) is 9.97 Å².